The Bertz CT molecular complexity index is 1050. The van der Waals surface area contributed by atoms with Crippen molar-refractivity contribution in [3.8, 4) is 11.1 Å². The fourth-order valence-corrected chi connectivity index (χ4v) is 3.35. The largest absolute Gasteiger partial charge is 0.342 e. The van der Waals surface area contributed by atoms with Crippen LogP contribution < -0.4 is 10.6 Å². The van der Waals surface area contributed by atoms with E-state index in [0.717, 1.165) is 12.0 Å². The quantitative estimate of drug-likeness (QED) is 0.570. The van der Waals surface area contributed by atoms with Crippen molar-refractivity contribution in [3.63, 3.8) is 0 Å². The molecule has 0 atom stereocenters. The third-order valence-electron chi connectivity index (χ3n) is 4.45. The first-order chi connectivity index (χ1) is 13.1. The fraction of sp³-hybridized carbons (Fsp3) is 0.0952. The van der Waals surface area contributed by atoms with Crippen LogP contribution in [0.1, 0.15) is 21.6 Å². The highest BCUT2D eigenvalue weighted by Gasteiger charge is 2.18. The molecule has 3 aromatic rings. The number of nitrogens with one attached hydrogen (secondary N) is 2. The number of hydrogen-bond donors (Lipinski definition) is 2. The van der Waals surface area contributed by atoms with Crippen LogP contribution in [-0.4, -0.2) is 23.3 Å². The van der Waals surface area contributed by atoms with E-state index >= 15 is 0 Å². The zero-order valence-corrected chi connectivity index (χ0v) is 15.1. The van der Waals surface area contributed by atoms with Gasteiger partial charge in [0, 0.05) is 16.9 Å². The normalized spacial score (nSPS) is 11.4. The van der Waals surface area contributed by atoms with E-state index in [4.69, 9.17) is 11.6 Å². The molecule has 2 amide bonds. The van der Waals surface area contributed by atoms with E-state index in [0.29, 0.717) is 10.7 Å². The SMILES string of the molecule is O=C(CNC(=O)c1cc(Cl)ccn1)Nc1ccc2c(c1)-c1ccccc1C2. The molecule has 134 valence electrons. The number of anilines is 1. The molecular formula is C21H16ClN3O2. The van der Waals surface area contributed by atoms with E-state index in [1.165, 1.54) is 29.0 Å². The Labute approximate surface area is 161 Å². The first-order valence-corrected chi connectivity index (χ1v) is 8.89. The summed E-state index contributed by atoms with van der Waals surface area (Å²) in [7, 11) is 0. The summed E-state index contributed by atoms with van der Waals surface area (Å²) < 4.78 is 0. The zero-order chi connectivity index (χ0) is 18.8. The Kier molecular flexibility index (Phi) is 4.60. The number of benzene rings is 2. The maximum Gasteiger partial charge on any atom is 0.270 e. The summed E-state index contributed by atoms with van der Waals surface area (Å²) >= 11 is 5.84. The number of pyridine rings is 1. The van der Waals surface area contributed by atoms with Gasteiger partial charge in [0.2, 0.25) is 5.91 Å². The summed E-state index contributed by atoms with van der Waals surface area (Å²) in [4.78, 5) is 28.2. The Balaban J connectivity index is 1.40. The Morgan fingerprint density at radius 2 is 1.81 bits per heavy atom. The van der Waals surface area contributed by atoms with Crippen molar-refractivity contribution in [3.05, 3.63) is 82.6 Å². The summed E-state index contributed by atoms with van der Waals surface area (Å²) in [6, 6.07) is 17.2. The minimum absolute atomic E-state index is 0.152. The third-order valence-corrected chi connectivity index (χ3v) is 4.68. The van der Waals surface area contributed by atoms with Gasteiger partial charge < -0.3 is 10.6 Å². The lowest BCUT2D eigenvalue weighted by molar-refractivity contribution is -0.115. The molecule has 4 rings (SSSR count). The maximum atomic E-state index is 12.2. The number of carbonyl (C=O) groups excluding carboxylic acids is 2. The highest BCUT2D eigenvalue weighted by molar-refractivity contribution is 6.30. The Morgan fingerprint density at radius 3 is 2.67 bits per heavy atom. The molecule has 0 radical (unpaired) electrons. The lowest BCUT2D eigenvalue weighted by atomic mass is 10.1. The number of aromatic nitrogens is 1. The van der Waals surface area contributed by atoms with Gasteiger partial charge in [-0.1, -0.05) is 41.9 Å². The van der Waals surface area contributed by atoms with Crippen LogP contribution in [-0.2, 0) is 11.2 Å². The first-order valence-electron chi connectivity index (χ1n) is 8.51. The van der Waals surface area contributed by atoms with Crippen molar-refractivity contribution in [1.29, 1.82) is 0 Å². The van der Waals surface area contributed by atoms with E-state index in [9.17, 15) is 9.59 Å². The van der Waals surface area contributed by atoms with Crippen molar-refractivity contribution in [2.24, 2.45) is 0 Å². The minimum Gasteiger partial charge on any atom is -0.342 e. The van der Waals surface area contributed by atoms with Crippen molar-refractivity contribution in [1.82, 2.24) is 10.3 Å². The van der Waals surface area contributed by atoms with Crippen LogP contribution in [0.5, 0.6) is 0 Å². The molecule has 0 bridgehead atoms. The van der Waals surface area contributed by atoms with Crippen LogP contribution in [0.25, 0.3) is 11.1 Å². The van der Waals surface area contributed by atoms with Gasteiger partial charge in [0.25, 0.3) is 5.91 Å². The van der Waals surface area contributed by atoms with Gasteiger partial charge in [-0.05, 0) is 52.9 Å². The number of nitrogens with zero attached hydrogens (tertiary/aromatic N) is 1. The molecule has 1 aliphatic rings. The molecule has 5 nitrogen and oxygen atoms in total. The Hall–Kier alpha value is -3.18. The summed E-state index contributed by atoms with van der Waals surface area (Å²) in [6.45, 7) is -0.152. The number of fused-ring (bicyclic) bond motifs is 3. The van der Waals surface area contributed by atoms with Crippen LogP contribution in [0.4, 0.5) is 5.69 Å². The fourth-order valence-electron chi connectivity index (χ4n) is 3.19. The van der Waals surface area contributed by atoms with Gasteiger partial charge in [-0.15, -0.1) is 0 Å². The standard InChI is InChI=1S/C21H16ClN3O2/c22-15-7-8-23-19(10-15)21(27)24-12-20(26)25-16-6-5-14-9-13-3-1-2-4-17(13)18(14)11-16/h1-8,10-11H,9,12H2,(H,24,27)(H,25,26). The zero-order valence-electron chi connectivity index (χ0n) is 14.3. The monoisotopic (exact) mass is 377 g/mol. The molecule has 0 aliphatic heterocycles. The molecule has 0 saturated carbocycles. The smallest absolute Gasteiger partial charge is 0.270 e. The highest BCUT2D eigenvalue weighted by atomic mass is 35.5. The number of halogens is 1. The highest BCUT2D eigenvalue weighted by Crippen LogP contribution is 2.37. The van der Waals surface area contributed by atoms with Gasteiger partial charge in [-0.25, -0.2) is 0 Å². The molecule has 0 spiro atoms. The van der Waals surface area contributed by atoms with Crippen LogP contribution in [0.3, 0.4) is 0 Å². The summed E-state index contributed by atoms with van der Waals surface area (Å²) in [5.74, 6) is -0.757. The molecule has 0 fully saturated rings. The van der Waals surface area contributed by atoms with E-state index in [2.05, 4.69) is 27.8 Å². The van der Waals surface area contributed by atoms with E-state index in [1.54, 1.807) is 6.07 Å². The number of rotatable bonds is 4. The van der Waals surface area contributed by atoms with Gasteiger partial charge in [-0.3, -0.25) is 14.6 Å². The van der Waals surface area contributed by atoms with Gasteiger partial charge in [0.05, 0.1) is 6.54 Å². The topological polar surface area (TPSA) is 71.1 Å². The molecule has 0 unspecified atom stereocenters. The number of carbonyl (C=O) groups is 2. The predicted octanol–water partition coefficient (Wildman–Crippen LogP) is 3.67. The lowest BCUT2D eigenvalue weighted by Gasteiger charge is -2.09. The van der Waals surface area contributed by atoms with Crippen LogP contribution in [0.15, 0.2) is 60.8 Å². The molecule has 27 heavy (non-hydrogen) atoms. The Morgan fingerprint density at radius 1 is 1.00 bits per heavy atom. The average Bonchev–Trinajstić information content (AvgIpc) is 3.04. The van der Waals surface area contributed by atoms with E-state index in [-0.39, 0.29) is 18.1 Å². The van der Waals surface area contributed by atoms with E-state index in [1.807, 2.05) is 30.3 Å². The van der Waals surface area contributed by atoms with Crippen molar-refractivity contribution < 1.29 is 9.59 Å². The summed E-state index contributed by atoms with van der Waals surface area (Å²) in [6.07, 6.45) is 2.35. The second kappa shape index (κ2) is 7.21. The summed E-state index contributed by atoms with van der Waals surface area (Å²) in [5.41, 5.74) is 5.74. The maximum absolute atomic E-state index is 12.2. The molecule has 1 aromatic heterocycles. The third kappa shape index (κ3) is 3.68. The van der Waals surface area contributed by atoms with Gasteiger partial charge >= 0.3 is 0 Å². The average molecular weight is 378 g/mol. The molecule has 1 aliphatic carbocycles. The van der Waals surface area contributed by atoms with E-state index < -0.39 is 5.91 Å². The molecule has 2 aromatic carbocycles. The molecular weight excluding hydrogens is 362 g/mol. The second-order valence-corrected chi connectivity index (χ2v) is 6.73. The van der Waals surface area contributed by atoms with Gasteiger partial charge in [0.1, 0.15) is 5.69 Å². The van der Waals surface area contributed by atoms with Crippen LogP contribution in [0, 0.1) is 0 Å². The van der Waals surface area contributed by atoms with Gasteiger partial charge in [-0.2, -0.15) is 0 Å². The van der Waals surface area contributed by atoms with Crippen molar-refractivity contribution in [2.45, 2.75) is 6.42 Å². The molecule has 1 heterocycles. The first kappa shape index (κ1) is 17.2. The molecule has 6 heteroatoms. The predicted molar refractivity (Wildman–Crippen MR) is 105 cm³/mol. The van der Waals surface area contributed by atoms with Crippen molar-refractivity contribution >= 4 is 29.1 Å². The summed E-state index contributed by atoms with van der Waals surface area (Å²) in [5, 5.41) is 5.78. The number of amides is 2. The van der Waals surface area contributed by atoms with Crippen LogP contribution >= 0.6 is 11.6 Å². The molecule has 0 saturated heterocycles. The lowest BCUT2D eigenvalue weighted by Crippen LogP contribution is -2.33. The number of hydrogen-bond acceptors (Lipinski definition) is 3. The van der Waals surface area contributed by atoms with Gasteiger partial charge in [0.15, 0.2) is 0 Å². The molecule has 2 N–H and O–H groups in total. The second-order valence-electron chi connectivity index (χ2n) is 6.30. The van der Waals surface area contributed by atoms with Crippen LogP contribution in [0.2, 0.25) is 5.02 Å². The minimum atomic E-state index is -0.449. The van der Waals surface area contributed by atoms with Crippen molar-refractivity contribution in [2.75, 3.05) is 11.9 Å².